The molecule has 0 unspecified atom stereocenters. The van der Waals surface area contributed by atoms with Gasteiger partial charge in [0.2, 0.25) is 18.3 Å². The summed E-state index contributed by atoms with van der Waals surface area (Å²) >= 11 is 0. The van der Waals surface area contributed by atoms with Crippen LogP contribution in [-0.2, 0) is 84.5 Å². The van der Waals surface area contributed by atoms with Crippen LogP contribution in [0.15, 0.2) is 133 Å². The molecule has 2 aliphatic heterocycles. The molecule has 96 heavy (non-hydrogen) atoms. The monoisotopic (exact) mass is 1320 g/mol. The van der Waals surface area contributed by atoms with Gasteiger partial charge in [0.15, 0.2) is 29.5 Å². The van der Waals surface area contributed by atoms with E-state index >= 15 is 0 Å². The molecule has 2 heterocycles. The number of nitrogens with one attached hydrogen (secondary N) is 3. The Kier molecular flexibility index (Phi) is 21.3. The lowest BCUT2D eigenvalue weighted by Gasteiger charge is -2.43. The molecular weight excluding hydrogens is 1250 g/mol. The molecule has 26 nitrogen and oxygen atoms in total. The Balaban J connectivity index is 0.796. The van der Waals surface area contributed by atoms with Gasteiger partial charge in [-0.05, 0) is 76.1 Å². The number of aliphatic hydroxyl groups excluding tert-OH is 1. The third-order valence-electron chi connectivity index (χ3n) is 17.0. The van der Waals surface area contributed by atoms with Crippen molar-refractivity contribution < 1.29 is 110 Å². The van der Waals surface area contributed by atoms with Crippen LogP contribution in [0.2, 0.25) is 0 Å². The Bertz CT molecular complexity index is 3820. The van der Waals surface area contributed by atoms with Crippen LogP contribution >= 0.6 is 0 Å². The summed E-state index contributed by atoms with van der Waals surface area (Å²) in [5.74, 6) is -6.87. The molecule has 0 aromatic heterocycles. The fourth-order valence-corrected chi connectivity index (χ4v) is 13.0. The molecule has 0 radical (unpaired) electrons. The maximum Gasteiger partial charge on any atom is 0.407 e. The van der Waals surface area contributed by atoms with Gasteiger partial charge >= 0.3 is 42.0 Å². The van der Waals surface area contributed by atoms with E-state index in [0.717, 1.165) is 50.1 Å². The average Bonchev–Trinajstić information content (AvgIpc) is 1.49. The number of rotatable bonds is 25. The van der Waals surface area contributed by atoms with Crippen molar-refractivity contribution in [2.75, 3.05) is 60.1 Å². The van der Waals surface area contributed by atoms with Crippen molar-refractivity contribution in [3.8, 4) is 39.9 Å². The standard InChI is InChI=1S/C70H73N3O23/c1-38(74)91-59-60(92-39(2)75)62(93-40(3)76)66(95-61(59)65(80)87-7)94-52-28-23-41(33-51(52)73-55(77)29-31-72-68(82)90-37-50-48-21-13-11-19-46(48)47-20-12-14-22-49(47)50)36-89-67(81)71-30-15-16-32-88-45-34-53(85-5)58-54(35-45)96-70(43-24-26-44(84-4)27-25-43)57(42-17-9-8-10-18-42)56(64(79)86-6)63(78)69(58,70)83/h8-14,17-28,33-35,50,56-57,59-63,66,78,83H,15-16,29-32,36-37H2,1-7H3,(H,71,81)(H,72,82)(H,73,77)/t56-,57-,59+,60+,61+,62-,63-,66-,69+,70+/m1/s1. The van der Waals surface area contributed by atoms with E-state index in [1.807, 2.05) is 48.5 Å². The summed E-state index contributed by atoms with van der Waals surface area (Å²) in [5, 5.41) is 33.5. The number of hydrogen-bond donors (Lipinski definition) is 5. The average molecular weight is 1320 g/mol. The Morgan fingerprint density at radius 1 is 0.615 bits per heavy atom. The zero-order chi connectivity index (χ0) is 68.4. The van der Waals surface area contributed by atoms with Crippen LogP contribution in [0, 0.1) is 5.92 Å². The lowest BCUT2D eigenvalue weighted by atomic mass is 9.70. The number of alkyl carbamates (subject to hydrolysis) is 2. The largest absolute Gasteiger partial charge is 0.497 e. The van der Waals surface area contributed by atoms with Crippen LogP contribution in [-0.4, -0.2) is 150 Å². The van der Waals surface area contributed by atoms with Crippen LogP contribution in [0.5, 0.6) is 28.7 Å². The fourth-order valence-electron chi connectivity index (χ4n) is 13.0. The highest BCUT2D eigenvalue weighted by atomic mass is 16.7. The second-order valence-electron chi connectivity index (χ2n) is 22.9. The van der Waals surface area contributed by atoms with Gasteiger partial charge in [-0.2, -0.15) is 0 Å². The molecule has 26 heteroatoms. The second-order valence-corrected chi connectivity index (χ2v) is 22.9. The van der Waals surface area contributed by atoms with E-state index in [-0.39, 0.29) is 73.7 Å². The number of benzene rings is 6. The number of carbonyl (C=O) groups is 8. The van der Waals surface area contributed by atoms with Crippen molar-refractivity contribution in [3.63, 3.8) is 0 Å². The van der Waals surface area contributed by atoms with E-state index < -0.39 is 108 Å². The predicted molar refractivity (Wildman–Crippen MR) is 337 cm³/mol. The van der Waals surface area contributed by atoms with Gasteiger partial charge in [-0.25, -0.2) is 14.4 Å². The zero-order valence-corrected chi connectivity index (χ0v) is 53.5. The molecule has 1 saturated heterocycles. The third-order valence-corrected chi connectivity index (χ3v) is 17.0. The maximum absolute atomic E-state index is 13.8. The van der Waals surface area contributed by atoms with Gasteiger partial charge in [0.1, 0.15) is 48.1 Å². The molecule has 5 N–H and O–H groups in total. The van der Waals surface area contributed by atoms with Crippen molar-refractivity contribution in [1.29, 1.82) is 0 Å². The van der Waals surface area contributed by atoms with E-state index in [2.05, 4.69) is 16.0 Å². The molecule has 10 atom stereocenters. The minimum atomic E-state index is -2.29. The van der Waals surface area contributed by atoms with Gasteiger partial charge in [-0.1, -0.05) is 97.1 Å². The molecule has 6 aromatic carbocycles. The number of carbonyl (C=O) groups excluding carboxylic acids is 8. The van der Waals surface area contributed by atoms with Gasteiger partial charge in [-0.15, -0.1) is 0 Å². The number of hydrogen-bond acceptors (Lipinski definition) is 23. The lowest BCUT2D eigenvalue weighted by molar-refractivity contribution is -0.282. The topological polar surface area (TPSA) is 333 Å². The first kappa shape index (κ1) is 68.4. The number of amides is 3. The van der Waals surface area contributed by atoms with Gasteiger partial charge in [0, 0.05) is 64.3 Å². The number of methoxy groups -OCH3 is 4. The second kappa shape index (κ2) is 29.9. The molecule has 0 spiro atoms. The number of aliphatic hydroxyl groups is 2. The van der Waals surface area contributed by atoms with Gasteiger partial charge in [0.25, 0.3) is 0 Å². The zero-order valence-electron chi connectivity index (χ0n) is 53.5. The Morgan fingerprint density at radius 2 is 1.24 bits per heavy atom. The number of unbranched alkanes of at least 4 members (excludes halogenated alkanes) is 1. The van der Waals surface area contributed by atoms with Gasteiger partial charge < -0.3 is 87.7 Å². The summed E-state index contributed by atoms with van der Waals surface area (Å²) in [5.41, 5.74) is 1.38. The molecule has 6 aromatic rings. The maximum atomic E-state index is 13.8. The summed E-state index contributed by atoms with van der Waals surface area (Å²) in [4.78, 5) is 104. The Morgan fingerprint density at radius 3 is 1.89 bits per heavy atom. The van der Waals surface area contributed by atoms with Crippen molar-refractivity contribution in [3.05, 3.63) is 167 Å². The van der Waals surface area contributed by atoms with Crippen LogP contribution in [0.3, 0.4) is 0 Å². The third kappa shape index (κ3) is 14.0. The normalized spacial score (nSPS) is 22.6. The predicted octanol–water partition coefficient (Wildman–Crippen LogP) is 7.15. The lowest BCUT2D eigenvalue weighted by Crippen LogP contribution is -2.64. The van der Waals surface area contributed by atoms with Crippen molar-refractivity contribution in [1.82, 2.24) is 10.6 Å². The molecule has 0 bridgehead atoms. The van der Waals surface area contributed by atoms with Crippen LogP contribution in [0.4, 0.5) is 15.3 Å². The number of esters is 5. The van der Waals surface area contributed by atoms with Gasteiger partial charge in [-0.3, -0.25) is 24.0 Å². The summed E-state index contributed by atoms with van der Waals surface area (Å²) < 4.78 is 74.5. The van der Waals surface area contributed by atoms with E-state index in [4.69, 9.17) is 61.6 Å². The molecule has 2 aliphatic carbocycles. The molecule has 1 saturated carbocycles. The highest BCUT2D eigenvalue weighted by Crippen LogP contribution is 2.70. The minimum Gasteiger partial charge on any atom is -0.497 e. The highest BCUT2D eigenvalue weighted by molar-refractivity contribution is 5.93. The summed E-state index contributed by atoms with van der Waals surface area (Å²) in [6, 6.07) is 38.8. The molecule has 2 fully saturated rings. The van der Waals surface area contributed by atoms with E-state index in [9.17, 15) is 48.6 Å². The molecule has 10 rings (SSSR count). The first-order valence-electron chi connectivity index (χ1n) is 30.8. The van der Waals surface area contributed by atoms with Crippen molar-refractivity contribution >= 4 is 53.6 Å². The Hall–Kier alpha value is -10.4. The van der Waals surface area contributed by atoms with Crippen molar-refractivity contribution in [2.24, 2.45) is 5.92 Å². The quantitative estimate of drug-likeness (QED) is 0.0216. The SMILES string of the molecule is COC(=O)[C@H]1[C@@H](O)[C@@]2(O)c3c(OC)cc(OCCCCNC(=O)OCc4ccc(O[C@@H]5O[C@H](C(=O)OC)[C@@H](OC(C)=O)[C@H](OC(C)=O)[C@H]5OC(C)=O)c(NC(=O)CCNC(=O)OCC5c6ccccc6-c6ccccc65)c4)cc3O[C@@]2(c2ccc(OC)cc2)[C@@H]1c1ccccc1. The fraction of sp³-hybridized carbons (Fsp3) is 0.371. The highest BCUT2D eigenvalue weighted by Gasteiger charge is 2.78. The first-order chi connectivity index (χ1) is 46.2. The summed E-state index contributed by atoms with van der Waals surface area (Å²) in [6.07, 6.45) is -11.6. The minimum absolute atomic E-state index is 0.0312. The van der Waals surface area contributed by atoms with E-state index in [0.29, 0.717) is 41.0 Å². The number of anilines is 1. The van der Waals surface area contributed by atoms with E-state index in [1.165, 1.54) is 39.5 Å². The van der Waals surface area contributed by atoms with E-state index in [1.54, 1.807) is 66.7 Å². The summed E-state index contributed by atoms with van der Waals surface area (Å²) in [6.45, 7) is 2.86. The molecule has 3 amide bonds. The molecule has 4 aliphatic rings. The van der Waals surface area contributed by atoms with Crippen LogP contribution < -0.4 is 39.6 Å². The first-order valence-corrected chi connectivity index (χ1v) is 30.8. The molecule has 506 valence electrons. The Labute approximate surface area is 551 Å². The number of fused-ring (bicyclic) bond motifs is 6. The van der Waals surface area contributed by atoms with Gasteiger partial charge in [0.05, 0.1) is 52.2 Å². The smallest absolute Gasteiger partial charge is 0.407 e. The van der Waals surface area contributed by atoms with Crippen molar-refractivity contribution in [2.45, 2.75) is 106 Å². The van der Waals surface area contributed by atoms with Crippen LogP contribution in [0.25, 0.3) is 11.1 Å². The number of ether oxygens (including phenoxy) is 13. The molecular formula is C70H73N3O23. The van der Waals surface area contributed by atoms with Crippen LogP contribution in [0.1, 0.15) is 85.3 Å². The summed E-state index contributed by atoms with van der Waals surface area (Å²) in [7, 11) is 5.15.